The molecule has 0 amide bonds. The number of aliphatic hydroxyl groups is 6. The van der Waals surface area contributed by atoms with E-state index in [0.29, 0.717) is 16.9 Å². The fourth-order valence-electron chi connectivity index (χ4n) is 4.82. The topological polar surface area (TPSA) is 207 Å². The zero-order valence-corrected chi connectivity index (χ0v) is 22.7. The maximum atomic E-state index is 13.3. The Morgan fingerprint density at radius 3 is 2.38 bits per heavy atom. The van der Waals surface area contributed by atoms with Crippen molar-refractivity contribution >= 4 is 11.0 Å². The molecule has 14 nitrogen and oxygen atoms in total. The first kappa shape index (κ1) is 30.2. The van der Waals surface area contributed by atoms with Crippen LogP contribution >= 0.6 is 0 Å². The van der Waals surface area contributed by atoms with Gasteiger partial charge in [-0.3, -0.25) is 4.79 Å². The van der Waals surface area contributed by atoms with Crippen molar-refractivity contribution in [1.29, 1.82) is 0 Å². The van der Waals surface area contributed by atoms with Crippen LogP contribution < -0.4 is 19.6 Å². The molecule has 0 aliphatic carbocycles. The van der Waals surface area contributed by atoms with Gasteiger partial charge in [0.05, 0.1) is 38.4 Å². The number of ether oxygens (including phenoxy) is 6. The molecule has 0 bridgehead atoms. The molecule has 0 radical (unpaired) electrons. The molecule has 5 rings (SSSR count). The van der Waals surface area contributed by atoms with Crippen molar-refractivity contribution < 1.29 is 63.5 Å². The number of benzene rings is 2. The third-order valence-electron chi connectivity index (χ3n) is 7.36. The van der Waals surface area contributed by atoms with Gasteiger partial charge < -0.3 is 63.5 Å². The van der Waals surface area contributed by atoms with Gasteiger partial charge in [0.15, 0.2) is 29.5 Å². The highest BCUT2D eigenvalue weighted by molar-refractivity contribution is 5.88. The van der Waals surface area contributed by atoms with E-state index in [2.05, 4.69) is 0 Å². The van der Waals surface area contributed by atoms with Crippen LogP contribution in [0.2, 0.25) is 0 Å². The van der Waals surface area contributed by atoms with Crippen molar-refractivity contribution in [3.05, 3.63) is 52.9 Å². The van der Waals surface area contributed by atoms with E-state index in [9.17, 15) is 35.4 Å². The minimum absolute atomic E-state index is 0.0958. The van der Waals surface area contributed by atoms with Gasteiger partial charge in [-0.1, -0.05) is 12.1 Å². The average Bonchev–Trinajstić information content (AvgIpc) is 3.29. The van der Waals surface area contributed by atoms with E-state index >= 15 is 0 Å². The molecule has 2 aliphatic heterocycles. The minimum Gasteiger partial charge on any atom is -0.497 e. The third-order valence-corrected chi connectivity index (χ3v) is 7.36. The quantitative estimate of drug-likeness (QED) is 0.178. The summed E-state index contributed by atoms with van der Waals surface area (Å²) in [6, 6.07) is 9.90. The van der Waals surface area contributed by atoms with E-state index < -0.39 is 68.5 Å². The SMILES string of the molecule is COc1ccc(-c2coc3c(OC)c(OCC4(O)COC(OCC5OC(O)C(O)C(O)C5O)C4O)ccc3c2=O)cc1. The van der Waals surface area contributed by atoms with E-state index in [1.54, 1.807) is 31.4 Å². The molecule has 8 atom stereocenters. The van der Waals surface area contributed by atoms with Gasteiger partial charge in [0, 0.05) is 0 Å². The molecule has 2 saturated heterocycles. The normalized spacial score (nSPS) is 31.3. The lowest BCUT2D eigenvalue weighted by Gasteiger charge is -2.38. The van der Waals surface area contributed by atoms with Gasteiger partial charge >= 0.3 is 0 Å². The molecular formula is C28H32O14. The lowest BCUT2D eigenvalue weighted by Crippen LogP contribution is -2.59. The Kier molecular flexibility index (Phi) is 8.71. The highest BCUT2D eigenvalue weighted by Gasteiger charge is 2.51. The molecule has 0 saturated carbocycles. The summed E-state index contributed by atoms with van der Waals surface area (Å²) in [6.45, 7) is -1.32. The molecule has 3 aromatic rings. The van der Waals surface area contributed by atoms with Gasteiger partial charge in [-0.2, -0.15) is 0 Å². The molecule has 1 aromatic heterocycles. The lowest BCUT2D eigenvalue weighted by molar-refractivity contribution is -0.297. The molecule has 2 aliphatic rings. The molecule has 14 heteroatoms. The predicted octanol–water partition coefficient (Wildman–Crippen LogP) is -0.879. The van der Waals surface area contributed by atoms with Crippen LogP contribution in [0.25, 0.3) is 22.1 Å². The highest BCUT2D eigenvalue weighted by Crippen LogP contribution is 2.37. The van der Waals surface area contributed by atoms with Crippen LogP contribution in [0.15, 0.2) is 51.9 Å². The van der Waals surface area contributed by atoms with Crippen LogP contribution in [0.4, 0.5) is 0 Å². The summed E-state index contributed by atoms with van der Waals surface area (Å²) in [5.74, 6) is 0.858. The van der Waals surface area contributed by atoms with Crippen molar-refractivity contribution in [2.24, 2.45) is 0 Å². The Morgan fingerprint density at radius 1 is 0.952 bits per heavy atom. The maximum Gasteiger partial charge on any atom is 0.204 e. The summed E-state index contributed by atoms with van der Waals surface area (Å²) >= 11 is 0. The first-order valence-electron chi connectivity index (χ1n) is 13.0. The maximum absolute atomic E-state index is 13.3. The molecule has 42 heavy (non-hydrogen) atoms. The molecule has 6 N–H and O–H groups in total. The van der Waals surface area contributed by atoms with Gasteiger partial charge in [0.2, 0.25) is 11.2 Å². The minimum atomic E-state index is -1.94. The van der Waals surface area contributed by atoms with Crippen LogP contribution in [0, 0.1) is 0 Å². The Bertz CT molecular complexity index is 1440. The first-order chi connectivity index (χ1) is 20.1. The van der Waals surface area contributed by atoms with Gasteiger partial charge in [0.25, 0.3) is 0 Å². The van der Waals surface area contributed by atoms with Crippen molar-refractivity contribution in [2.75, 3.05) is 34.0 Å². The molecule has 8 unspecified atom stereocenters. The van der Waals surface area contributed by atoms with E-state index in [4.69, 9.17) is 32.8 Å². The summed E-state index contributed by atoms with van der Waals surface area (Å²) in [6.07, 6.45) is -9.66. The number of rotatable bonds is 9. The predicted molar refractivity (Wildman–Crippen MR) is 142 cm³/mol. The third kappa shape index (κ3) is 5.56. The Morgan fingerprint density at radius 2 is 1.69 bits per heavy atom. The van der Waals surface area contributed by atoms with Gasteiger partial charge in [-0.15, -0.1) is 0 Å². The number of aliphatic hydroxyl groups excluding tert-OH is 5. The van der Waals surface area contributed by atoms with Crippen molar-refractivity contribution in [2.45, 2.75) is 48.7 Å². The zero-order chi connectivity index (χ0) is 30.2. The van der Waals surface area contributed by atoms with Gasteiger partial charge in [-0.25, -0.2) is 0 Å². The van der Waals surface area contributed by atoms with Gasteiger partial charge in [-0.05, 0) is 29.8 Å². The molecule has 3 heterocycles. The van der Waals surface area contributed by atoms with Crippen molar-refractivity contribution in [3.8, 4) is 28.4 Å². The number of methoxy groups -OCH3 is 2. The van der Waals surface area contributed by atoms with Crippen LogP contribution in [0.1, 0.15) is 0 Å². The van der Waals surface area contributed by atoms with Crippen molar-refractivity contribution in [3.63, 3.8) is 0 Å². The Balaban J connectivity index is 1.27. The standard InChI is InChI=1S/C28H32O14/c1-36-14-5-3-13(4-6-14)16-9-38-23-15(19(16)29)7-8-17(24(23)37-2)40-11-28(35)12-41-27(25(28)33)39-10-18-20(30)21(31)22(32)26(34)42-18/h3-9,18,20-22,25-27,30-35H,10-12H2,1-2H3. The van der Waals surface area contributed by atoms with Crippen molar-refractivity contribution in [1.82, 2.24) is 0 Å². The van der Waals surface area contributed by atoms with Crippen LogP contribution in [-0.4, -0.2) is 113 Å². The summed E-state index contributed by atoms with van der Waals surface area (Å²) < 4.78 is 38.0. The Labute approximate surface area is 238 Å². The van der Waals surface area contributed by atoms with Crippen LogP contribution in [-0.2, 0) is 14.2 Å². The number of fused-ring (bicyclic) bond motifs is 1. The van der Waals surface area contributed by atoms with E-state index in [-0.39, 0.29) is 27.9 Å². The smallest absolute Gasteiger partial charge is 0.204 e. The number of hydrogen-bond acceptors (Lipinski definition) is 14. The molecule has 228 valence electrons. The fourth-order valence-corrected chi connectivity index (χ4v) is 4.82. The molecule has 2 fully saturated rings. The lowest BCUT2D eigenvalue weighted by atomic mass is 9.99. The second-order valence-corrected chi connectivity index (χ2v) is 10.1. The molecular weight excluding hydrogens is 560 g/mol. The largest absolute Gasteiger partial charge is 0.497 e. The van der Waals surface area contributed by atoms with E-state index in [0.717, 1.165) is 0 Å². The second-order valence-electron chi connectivity index (χ2n) is 10.1. The van der Waals surface area contributed by atoms with E-state index in [1.165, 1.54) is 25.5 Å². The Hall–Kier alpha value is -3.31. The monoisotopic (exact) mass is 592 g/mol. The highest BCUT2D eigenvalue weighted by atomic mass is 16.7. The fraction of sp³-hybridized carbons (Fsp3) is 0.464. The second kappa shape index (κ2) is 12.1. The average molecular weight is 593 g/mol. The first-order valence-corrected chi connectivity index (χ1v) is 13.0. The molecule has 0 spiro atoms. The number of hydrogen-bond donors (Lipinski definition) is 6. The van der Waals surface area contributed by atoms with E-state index in [1.807, 2.05) is 0 Å². The zero-order valence-electron chi connectivity index (χ0n) is 22.7. The summed E-state index contributed by atoms with van der Waals surface area (Å²) in [4.78, 5) is 13.3. The summed E-state index contributed by atoms with van der Waals surface area (Å²) in [5, 5.41) is 61.1. The molecule has 2 aromatic carbocycles. The van der Waals surface area contributed by atoms with Crippen LogP contribution in [0.5, 0.6) is 17.2 Å². The summed E-state index contributed by atoms with van der Waals surface area (Å²) in [5.41, 5.74) is -1.15. The van der Waals surface area contributed by atoms with Gasteiger partial charge in [0.1, 0.15) is 49.1 Å². The van der Waals surface area contributed by atoms with Crippen LogP contribution in [0.3, 0.4) is 0 Å². The summed E-state index contributed by atoms with van der Waals surface area (Å²) in [7, 11) is 2.91.